The van der Waals surface area contributed by atoms with E-state index in [2.05, 4.69) is 27.7 Å². The van der Waals surface area contributed by atoms with Crippen molar-refractivity contribution in [2.45, 2.75) is 39.2 Å². The Morgan fingerprint density at radius 1 is 0.800 bits per heavy atom. The van der Waals surface area contributed by atoms with Crippen molar-refractivity contribution >= 4 is 11.2 Å². The second-order valence-corrected chi connectivity index (χ2v) is 6.14. The van der Waals surface area contributed by atoms with Crippen molar-refractivity contribution in [2.75, 3.05) is 7.11 Å². The van der Waals surface area contributed by atoms with E-state index in [-0.39, 0.29) is 11.2 Å². The van der Waals surface area contributed by atoms with Crippen LogP contribution in [0, 0.1) is 27.7 Å². The lowest BCUT2D eigenvalue weighted by Gasteiger charge is -2.12. The third-order valence-corrected chi connectivity index (χ3v) is 5.50. The van der Waals surface area contributed by atoms with Crippen molar-refractivity contribution in [1.82, 2.24) is 0 Å². The van der Waals surface area contributed by atoms with Gasteiger partial charge in [0, 0.05) is 11.1 Å². The topological polar surface area (TPSA) is 9.23 Å². The average Bonchev–Trinajstić information content (AvgIpc) is 2.67. The van der Waals surface area contributed by atoms with E-state index in [9.17, 15) is 0 Å². The molecule has 2 heteroatoms. The van der Waals surface area contributed by atoms with E-state index in [1.165, 1.54) is 22.3 Å². The van der Waals surface area contributed by atoms with Crippen LogP contribution in [-0.4, -0.2) is 7.11 Å². The molecule has 1 aliphatic rings. The molecule has 0 aliphatic carbocycles. The molecule has 0 atom stereocenters. The molecule has 1 aromatic rings. The van der Waals surface area contributed by atoms with Gasteiger partial charge in [0.05, 0.1) is 7.11 Å². The average molecular weight is 223 g/mol. The van der Waals surface area contributed by atoms with Crippen LogP contribution in [0.5, 0.6) is 0 Å². The van der Waals surface area contributed by atoms with Gasteiger partial charge in [-0.3, -0.25) is 0 Å². The van der Waals surface area contributed by atoms with E-state index in [4.69, 9.17) is 4.18 Å². The molecule has 0 amide bonds. The van der Waals surface area contributed by atoms with Crippen LogP contribution < -0.4 is 0 Å². The van der Waals surface area contributed by atoms with Crippen LogP contribution in [0.2, 0.25) is 0 Å². The van der Waals surface area contributed by atoms with Crippen molar-refractivity contribution in [3.63, 3.8) is 0 Å². The molecule has 1 heterocycles. The summed E-state index contributed by atoms with van der Waals surface area (Å²) in [5, 5.41) is 0. The number of benzene rings is 1. The Labute approximate surface area is 95.4 Å². The van der Waals surface area contributed by atoms with Gasteiger partial charge >= 0.3 is 0 Å². The van der Waals surface area contributed by atoms with Gasteiger partial charge in [-0.15, -0.1) is 0 Å². The van der Waals surface area contributed by atoms with Crippen LogP contribution in [-0.2, 0) is 26.9 Å². The van der Waals surface area contributed by atoms with Crippen molar-refractivity contribution in [2.24, 2.45) is 0 Å². The molecule has 2 rings (SSSR count). The summed E-state index contributed by atoms with van der Waals surface area (Å²) in [4.78, 5) is 0. The first-order chi connectivity index (χ1) is 7.06. The van der Waals surface area contributed by atoms with E-state index in [0.29, 0.717) is 0 Å². The minimum atomic E-state index is 0.132. The largest absolute Gasteiger partial charge is 0.176 e. The molecule has 0 radical (unpaired) electrons. The normalized spacial score (nSPS) is 15.8. The first kappa shape index (κ1) is 11.0. The highest BCUT2D eigenvalue weighted by Crippen LogP contribution is 2.35. The van der Waals surface area contributed by atoms with Crippen LogP contribution in [0.15, 0.2) is 0 Å². The first-order valence-electron chi connectivity index (χ1n) is 5.36. The predicted octanol–water partition coefficient (Wildman–Crippen LogP) is 3.11. The molecule has 1 nitrogen and oxygen atoms in total. The van der Waals surface area contributed by atoms with Gasteiger partial charge in [-0.25, -0.2) is 0 Å². The van der Waals surface area contributed by atoms with E-state index >= 15 is 0 Å². The smallest absolute Gasteiger partial charge is 0.167 e. The highest BCUT2D eigenvalue weighted by Gasteiger charge is 2.34. The van der Waals surface area contributed by atoms with Gasteiger partial charge < -0.3 is 0 Å². The van der Waals surface area contributed by atoms with Gasteiger partial charge in [0.2, 0.25) is 0 Å². The van der Waals surface area contributed by atoms with Gasteiger partial charge in [-0.2, -0.15) is 4.18 Å². The van der Waals surface area contributed by atoms with Crippen molar-refractivity contribution in [3.8, 4) is 0 Å². The Morgan fingerprint density at radius 2 is 1.20 bits per heavy atom. The van der Waals surface area contributed by atoms with Gasteiger partial charge in [-0.1, -0.05) is 0 Å². The quantitative estimate of drug-likeness (QED) is 0.665. The lowest BCUT2D eigenvalue weighted by atomic mass is 9.90. The highest BCUT2D eigenvalue weighted by molar-refractivity contribution is 7.91. The predicted molar refractivity (Wildman–Crippen MR) is 67.2 cm³/mol. The molecule has 15 heavy (non-hydrogen) atoms. The van der Waals surface area contributed by atoms with Crippen LogP contribution in [0.3, 0.4) is 0 Å². The summed E-state index contributed by atoms with van der Waals surface area (Å²) >= 11 is 0.132. The summed E-state index contributed by atoms with van der Waals surface area (Å²) in [5.41, 5.74) is 9.02. The zero-order chi connectivity index (χ0) is 11.2. The summed E-state index contributed by atoms with van der Waals surface area (Å²) in [5.74, 6) is 2.25. The molecule has 0 bridgehead atoms. The number of fused-ring (bicyclic) bond motifs is 1. The molecular weight excluding hydrogens is 204 g/mol. The monoisotopic (exact) mass is 223 g/mol. The summed E-state index contributed by atoms with van der Waals surface area (Å²) in [6, 6.07) is 0. The van der Waals surface area contributed by atoms with Gasteiger partial charge in [0.15, 0.2) is 22.7 Å². The van der Waals surface area contributed by atoms with Crippen molar-refractivity contribution in [1.29, 1.82) is 0 Å². The van der Waals surface area contributed by atoms with Gasteiger partial charge in [-0.05, 0) is 49.9 Å². The molecule has 0 N–H and O–H groups in total. The summed E-state index contributed by atoms with van der Waals surface area (Å²) < 4.78 is 5.51. The van der Waals surface area contributed by atoms with Crippen molar-refractivity contribution in [3.05, 3.63) is 33.4 Å². The summed E-state index contributed by atoms with van der Waals surface area (Å²) in [7, 11) is 1.83. The number of hydrogen-bond acceptors (Lipinski definition) is 1. The first-order valence-corrected chi connectivity index (χ1v) is 6.85. The minimum Gasteiger partial charge on any atom is -0.176 e. The SMILES string of the molecule is CO[S+]1Cc2c(C)c(C)c(C)c(C)c2C1. The molecular formula is C13H19OS+. The Bertz CT molecular complexity index is 373. The maximum Gasteiger partial charge on any atom is 0.167 e. The molecule has 0 aromatic heterocycles. The fourth-order valence-corrected chi connectivity index (χ4v) is 4.11. The van der Waals surface area contributed by atoms with Crippen LogP contribution in [0.1, 0.15) is 33.4 Å². The second kappa shape index (κ2) is 3.84. The third kappa shape index (κ3) is 1.60. The minimum absolute atomic E-state index is 0.132. The standard InChI is InChI=1S/C13H19OS/c1-8-9(2)11(4)13-7-15(14-5)6-12(13)10(8)3/h6-7H2,1-5H3/q+1. The summed E-state index contributed by atoms with van der Waals surface area (Å²) in [6.45, 7) is 8.98. The van der Waals surface area contributed by atoms with Crippen LogP contribution >= 0.6 is 0 Å². The Hall–Kier alpha value is -0.470. The molecule has 1 aliphatic heterocycles. The molecule has 0 fully saturated rings. The molecule has 0 saturated carbocycles. The van der Waals surface area contributed by atoms with Crippen molar-refractivity contribution < 1.29 is 4.18 Å². The Balaban J connectivity index is 2.59. The maximum atomic E-state index is 5.51. The van der Waals surface area contributed by atoms with E-state index in [0.717, 1.165) is 11.5 Å². The zero-order valence-electron chi connectivity index (χ0n) is 10.2. The molecule has 1 aromatic carbocycles. The third-order valence-electron chi connectivity index (χ3n) is 3.80. The van der Waals surface area contributed by atoms with Crippen LogP contribution in [0.25, 0.3) is 0 Å². The fraction of sp³-hybridized carbons (Fsp3) is 0.538. The van der Waals surface area contributed by atoms with E-state index in [1.54, 1.807) is 11.1 Å². The second-order valence-electron chi connectivity index (χ2n) is 4.35. The Kier molecular flexibility index (Phi) is 2.82. The Morgan fingerprint density at radius 3 is 1.53 bits per heavy atom. The number of rotatable bonds is 1. The zero-order valence-corrected chi connectivity index (χ0v) is 11.0. The van der Waals surface area contributed by atoms with E-state index in [1.807, 2.05) is 7.11 Å². The lowest BCUT2D eigenvalue weighted by Crippen LogP contribution is -2.01. The lowest BCUT2D eigenvalue weighted by molar-refractivity contribution is 0.473. The van der Waals surface area contributed by atoms with Crippen LogP contribution in [0.4, 0.5) is 0 Å². The highest BCUT2D eigenvalue weighted by atomic mass is 32.2. The maximum absolute atomic E-state index is 5.51. The molecule has 0 spiro atoms. The fourth-order valence-electron chi connectivity index (χ4n) is 2.35. The number of hydrogen-bond donors (Lipinski definition) is 0. The van der Waals surface area contributed by atoms with Gasteiger partial charge in [0.1, 0.15) is 0 Å². The molecule has 82 valence electrons. The van der Waals surface area contributed by atoms with Gasteiger partial charge in [0.25, 0.3) is 0 Å². The summed E-state index contributed by atoms with van der Waals surface area (Å²) in [6.07, 6.45) is 0. The van der Waals surface area contributed by atoms with E-state index < -0.39 is 0 Å². The molecule has 0 saturated heterocycles. The molecule has 0 unspecified atom stereocenters.